The molecule has 3 heteroatoms. The molecule has 0 heterocycles. The average Bonchev–Trinajstić information content (AvgIpc) is 2.97. The number of hydrogen-bond donors (Lipinski definition) is 0. The van der Waals surface area contributed by atoms with Crippen LogP contribution in [0.1, 0.15) is 206 Å². The third-order valence-corrected chi connectivity index (χ3v) is 8.22. The standard InChI is InChI=1S/C39H70O3/c1-3-5-7-9-11-13-15-17-19-21-23-25-27-29-31-33-37(40)35-39(42)36-38(41)34-32-30-28-26-24-22-20-18-16-14-12-10-8-6-4-2/h17-20H,3-16,21-36H2,1-2H3. The Kier molecular flexibility index (Phi) is 32.8. The molecule has 0 aliphatic heterocycles. The summed E-state index contributed by atoms with van der Waals surface area (Å²) in [4.78, 5) is 36.4. The summed E-state index contributed by atoms with van der Waals surface area (Å²) in [6, 6.07) is 0. The van der Waals surface area contributed by atoms with Crippen molar-refractivity contribution in [2.24, 2.45) is 0 Å². The SMILES string of the molecule is CCCCCCCCC=CCCCCCCCC(=O)CC(=O)CC(=O)CCCCCCCC=CCCCCCCCC. The van der Waals surface area contributed by atoms with Crippen molar-refractivity contribution in [3.05, 3.63) is 24.3 Å². The second-order valence-corrected chi connectivity index (χ2v) is 12.6. The van der Waals surface area contributed by atoms with Crippen molar-refractivity contribution in [1.29, 1.82) is 0 Å². The molecule has 0 saturated carbocycles. The summed E-state index contributed by atoms with van der Waals surface area (Å²) < 4.78 is 0. The smallest absolute Gasteiger partial charge is 0.147 e. The van der Waals surface area contributed by atoms with E-state index in [0.29, 0.717) is 12.8 Å². The highest BCUT2D eigenvalue weighted by molar-refractivity contribution is 6.07. The molecule has 0 amide bonds. The highest BCUT2D eigenvalue weighted by Gasteiger charge is 2.13. The van der Waals surface area contributed by atoms with E-state index in [0.717, 1.165) is 51.4 Å². The Bertz CT molecular complexity index is 619. The van der Waals surface area contributed by atoms with Crippen LogP contribution in [-0.4, -0.2) is 17.3 Å². The maximum atomic E-state index is 12.1. The largest absolute Gasteiger partial charge is 0.299 e. The molecule has 0 spiro atoms. The number of carbonyl (C=O) groups excluding carboxylic acids is 3. The highest BCUT2D eigenvalue weighted by Crippen LogP contribution is 2.13. The molecule has 0 aromatic rings. The van der Waals surface area contributed by atoms with Gasteiger partial charge >= 0.3 is 0 Å². The lowest BCUT2D eigenvalue weighted by Gasteiger charge is -2.03. The average molecular weight is 587 g/mol. The van der Waals surface area contributed by atoms with E-state index in [1.807, 2.05) is 0 Å². The van der Waals surface area contributed by atoms with Crippen molar-refractivity contribution in [3.8, 4) is 0 Å². The minimum absolute atomic E-state index is 0.00597. The lowest BCUT2D eigenvalue weighted by molar-refractivity contribution is -0.130. The first-order chi connectivity index (χ1) is 20.6. The zero-order valence-corrected chi connectivity index (χ0v) is 28.2. The molecule has 0 bridgehead atoms. The Morgan fingerprint density at radius 1 is 0.333 bits per heavy atom. The molecular formula is C39H70O3. The summed E-state index contributed by atoms with van der Waals surface area (Å²) in [7, 11) is 0. The van der Waals surface area contributed by atoms with E-state index in [4.69, 9.17) is 0 Å². The second kappa shape index (κ2) is 34.0. The van der Waals surface area contributed by atoms with Gasteiger partial charge in [-0.15, -0.1) is 0 Å². The molecule has 0 fully saturated rings. The number of unbranched alkanes of at least 4 members (excludes halogenated alkanes) is 22. The fourth-order valence-electron chi connectivity index (χ4n) is 5.46. The Labute approximate surface area is 262 Å². The zero-order valence-electron chi connectivity index (χ0n) is 28.2. The molecule has 42 heavy (non-hydrogen) atoms. The molecule has 244 valence electrons. The minimum Gasteiger partial charge on any atom is -0.299 e. The van der Waals surface area contributed by atoms with Gasteiger partial charge in [-0.25, -0.2) is 0 Å². The number of ketones is 3. The van der Waals surface area contributed by atoms with E-state index in [9.17, 15) is 14.4 Å². The summed E-state index contributed by atoms with van der Waals surface area (Å²) in [5.74, 6) is -0.177. The summed E-state index contributed by atoms with van der Waals surface area (Å²) in [5.41, 5.74) is 0. The van der Waals surface area contributed by atoms with Crippen molar-refractivity contribution in [1.82, 2.24) is 0 Å². The Morgan fingerprint density at radius 2 is 0.595 bits per heavy atom. The van der Waals surface area contributed by atoms with Gasteiger partial charge in [-0.05, 0) is 64.2 Å². The van der Waals surface area contributed by atoms with Crippen LogP contribution in [0.15, 0.2) is 24.3 Å². The molecule has 0 N–H and O–H groups in total. The Morgan fingerprint density at radius 3 is 0.905 bits per heavy atom. The van der Waals surface area contributed by atoms with Gasteiger partial charge in [0.05, 0.1) is 12.8 Å². The lowest BCUT2D eigenvalue weighted by atomic mass is 10.0. The summed E-state index contributed by atoms with van der Waals surface area (Å²) >= 11 is 0. The van der Waals surface area contributed by atoms with Gasteiger partial charge in [-0.3, -0.25) is 14.4 Å². The van der Waals surface area contributed by atoms with Gasteiger partial charge in [0.2, 0.25) is 0 Å². The molecule has 0 unspecified atom stereocenters. The predicted octanol–water partition coefficient (Wildman–Crippen LogP) is 12.5. The second-order valence-electron chi connectivity index (χ2n) is 12.6. The van der Waals surface area contributed by atoms with Crippen molar-refractivity contribution in [2.75, 3.05) is 0 Å². The van der Waals surface area contributed by atoms with E-state index in [1.54, 1.807) is 0 Å². The van der Waals surface area contributed by atoms with Gasteiger partial charge < -0.3 is 0 Å². The quantitative estimate of drug-likeness (QED) is 0.0428. The lowest BCUT2D eigenvalue weighted by Crippen LogP contribution is -2.12. The normalized spacial score (nSPS) is 11.7. The molecule has 0 rings (SSSR count). The first-order valence-corrected chi connectivity index (χ1v) is 18.4. The maximum Gasteiger partial charge on any atom is 0.147 e. The molecule has 0 aromatic heterocycles. The van der Waals surface area contributed by atoms with E-state index in [2.05, 4.69) is 38.2 Å². The van der Waals surface area contributed by atoms with Crippen LogP contribution in [0.5, 0.6) is 0 Å². The Hall–Kier alpha value is -1.51. The van der Waals surface area contributed by atoms with Crippen LogP contribution in [-0.2, 0) is 14.4 Å². The predicted molar refractivity (Wildman–Crippen MR) is 183 cm³/mol. The highest BCUT2D eigenvalue weighted by atomic mass is 16.2. The molecule has 0 aliphatic rings. The number of hydrogen-bond acceptors (Lipinski definition) is 3. The molecule has 0 aliphatic carbocycles. The van der Waals surface area contributed by atoms with Crippen LogP contribution >= 0.6 is 0 Å². The molecule has 0 aromatic carbocycles. The van der Waals surface area contributed by atoms with Crippen molar-refractivity contribution in [3.63, 3.8) is 0 Å². The minimum atomic E-state index is -0.189. The third-order valence-electron chi connectivity index (χ3n) is 8.22. The van der Waals surface area contributed by atoms with Crippen LogP contribution in [0.2, 0.25) is 0 Å². The number of allylic oxidation sites excluding steroid dienone is 4. The number of rotatable bonds is 34. The van der Waals surface area contributed by atoms with Crippen LogP contribution < -0.4 is 0 Å². The van der Waals surface area contributed by atoms with E-state index >= 15 is 0 Å². The van der Waals surface area contributed by atoms with Crippen LogP contribution in [0.25, 0.3) is 0 Å². The first kappa shape index (κ1) is 40.5. The fraction of sp³-hybridized carbons (Fsp3) is 0.821. The van der Waals surface area contributed by atoms with Crippen LogP contribution in [0, 0.1) is 0 Å². The van der Waals surface area contributed by atoms with Crippen LogP contribution in [0.3, 0.4) is 0 Å². The zero-order chi connectivity index (χ0) is 30.8. The van der Waals surface area contributed by atoms with Gasteiger partial charge in [0.25, 0.3) is 0 Å². The molecular weight excluding hydrogens is 516 g/mol. The van der Waals surface area contributed by atoms with Gasteiger partial charge in [0, 0.05) is 12.8 Å². The molecule has 0 atom stereocenters. The Balaban J connectivity index is 3.48. The summed E-state index contributed by atoms with van der Waals surface area (Å²) in [6.07, 6.45) is 42.3. The summed E-state index contributed by atoms with van der Waals surface area (Å²) in [6.45, 7) is 4.52. The van der Waals surface area contributed by atoms with Crippen molar-refractivity contribution < 1.29 is 14.4 Å². The fourth-order valence-corrected chi connectivity index (χ4v) is 5.46. The van der Waals surface area contributed by atoms with E-state index < -0.39 is 0 Å². The molecule has 0 radical (unpaired) electrons. The molecule has 0 saturated heterocycles. The van der Waals surface area contributed by atoms with E-state index in [1.165, 1.54) is 116 Å². The van der Waals surface area contributed by atoms with Gasteiger partial charge in [0.15, 0.2) is 0 Å². The van der Waals surface area contributed by atoms with Gasteiger partial charge in [-0.1, -0.05) is 141 Å². The van der Waals surface area contributed by atoms with E-state index in [-0.39, 0.29) is 30.2 Å². The van der Waals surface area contributed by atoms with Gasteiger partial charge in [-0.2, -0.15) is 0 Å². The van der Waals surface area contributed by atoms with Gasteiger partial charge in [0.1, 0.15) is 17.3 Å². The number of Topliss-reactive ketones (excluding diaryl/α,β-unsaturated/α-hetero) is 3. The molecule has 3 nitrogen and oxygen atoms in total. The van der Waals surface area contributed by atoms with Crippen molar-refractivity contribution >= 4 is 17.3 Å². The van der Waals surface area contributed by atoms with Crippen molar-refractivity contribution in [2.45, 2.75) is 206 Å². The summed E-state index contributed by atoms with van der Waals surface area (Å²) in [5, 5.41) is 0. The van der Waals surface area contributed by atoms with Crippen LogP contribution in [0.4, 0.5) is 0 Å². The number of carbonyl (C=O) groups is 3. The topological polar surface area (TPSA) is 51.2 Å². The monoisotopic (exact) mass is 587 g/mol. The first-order valence-electron chi connectivity index (χ1n) is 18.4. The maximum absolute atomic E-state index is 12.1. The third kappa shape index (κ3) is 33.0.